The van der Waals surface area contributed by atoms with Gasteiger partial charge in [-0.15, -0.1) is 6.58 Å². The van der Waals surface area contributed by atoms with Crippen LogP contribution in [0.15, 0.2) is 59.5 Å². The zero-order valence-corrected chi connectivity index (χ0v) is 18.6. The Kier molecular flexibility index (Phi) is 7.09. The van der Waals surface area contributed by atoms with Crippen LogP contribution in [-0.4, -0.2) is 22.2 Å². The number of allylic oxidation sites excluding steroid dienone is 1. The number of benzene rings is 1. The maximum atomic E-state index is 13.0. The van der Waals surface area contributed by atoms with E-state index in [2.05, 4.69) is 17.0 Å². The largest absolute Gasteiger partial charge is 0.485 e. The molecule has 0 unspecified atom stereocenters. The molecule has 34 heavy (non-hydrogen) atoms. The minimum absolute atomic E-state index is 0.144. The minimum atomic E-state index is -4.46. The number of aryl methyl sites for hydroxylation is 1. The first kappa shape index (κ1) is 23.7. The van der Waals surface area contributed by atoms with Gasteiger partial charge in [-0.25, -0.2) is 0 Å². The predicted molar refractivity (Wildman–Crippen MR) is 120 cm³/mol. The van der Waals surface area contributed by atoms with Crippen molar-refractivity contribution in [2.24, 2.45) is 0 Å². The molecule has 3 aromatic rings. The van der Waals surface area contributed by atoms with Crippen molar-refractivity contribution in [2.45, 2.75) is 50.9 Å². The number of para-hydroxylation sites is 1. The quantitative estimate of drug-likeness (QED) is 0.295. The van der Waals surface area contributed by atoms with Gasteiger partial charge in [0.25, 0.3) is 5.91 Å². The number of hydrogen-bond donors (Lipinski definition) is 1. The van der Waals surface area contributed by atoms with Crippen LogP contribution in [0.2, 0.25) is 0 Å². The lowest BCUT2D eigenvalue weighted by molar-refractivity contribution is -0.141. The van der Waals surface area contributed by atoms with Gasteiger partial charge in [0.15, 0.2) is 11.5 Å². The van der Waals surface area contributed by atoms with E-state index in [9.17, 15) is 18.0 Å². The summed E-state index contributed by atoms with van der Waals surface area (Å²) in [6.45, 7) is 4.49. The van der Waals surface area contributed by atoms with Crippen LogP contribution in [0.3, 0.4) is 0 Å². The number of ether oxygens (including phenoxy) is 1. The third kappa shape index (κ3) is 5.89. The number of carbonyl (C=O) groups excluding carboxylic acids is 1. The molecule has 4 rings (SSSR count). The summed E-state index contributed by atoms with van der Waals surface area (Å²) in [5.74, 6) is 1.13. The number of hydrogen-bond acceptors (Lipinski definition) is 4. The molecule has 2 heterocycles. The van der Waals surface area contributed by atoms with Crippen molar-refractivity contribution >= 4 is 5.91 Å². The van der Waals surface area contributed by atoms with Crippen molar-refractivity contribution in [3.63, 3.8) is 0 Å². The number of aromatic nitrogens is 2. The first-order valence-corrected chi connectivity index (χ1v) is 11.2. The van der Waals surface area contributed by atoms with Gasteiger partial charge in [0.2, 0.25) is 0 Å². The normalized spacial score (nSPS) is 13.6. The summed E-state index contributed by atoms with van der Waals surface area (Å²) < 4.78 is 51.8. The molecule has 1 aromatic carbocycles. The Morgan fingerprint density at radius 3 is 2.79 bits per heavy atom. The van der Waals surface area contributed by atoms with Crippen LogP contribution in [0.5, 0.6) is 5.75 Å². The zero-order chi connectivity index (χ0) is 24.1. The topological polar surface area (TPSA) is 69.3 Å². The second-order valence-corrected chi connectivity index (χ2v) is 8.21. The zero-order valence-electron chi connectivity index (χ0n) is 18.6. The van der Waals surface area contributed by atoms with E-state index in [4.69, 9.17) is 9.15 Å². The molecule has 0 radical (unpaired) electrons. The smallest absolute Gasteiger partial charge is 0.435 e. The number of amides is 1. The van der Waals surface area contributed by atoms with E-state index in [1.807, 2.05) is 24.3 Å². The molecule has 1 N–H and O–H groups in total. The summed E-state index contributed by atoms with van der Waals surface area (Å²) in [6.07, 6.45) is 0.221. The number of rotatable bonds is 11. The van der Waals surface area contributed by atoms with E-state index in [1.165, 1.54) is 4.68 Å². The highest BCUT2D eigenvalue weighted by Crippen LogP contribution is 2.42. The van der Waals surface area contributed by atoms with Gasteiger partial charge in [-0.2, -0.15) is 18.3 Å². The average Bonchev–Trinajstić information content (AvgIpc) is 3.37. The standard InChI is InChI=1S/C25H26F3N3O3/c1-2-6-18-7-3-4-8-21(18)33-16-19-11-12-22(34-19)24(32)29-13-5-14-31-20(17-9-10-17)15-23(30-31)25(26,27)28/h2-4,7-8,11-12,15,17H,1,5-6,9-10,13-14,16H2,(H,29,32). The third-order valence-electron chi connectivity index (χ3n) is 5.52. The van der Waals surface area contributed by atoms with E-state index in [0.29, 0.717) is 30.8 Å². The molecular formula is C25H26F3N3O3. The molecule has 1 fully saturated rings. The van der Waals surface area contributed by atoms with Crippen molar-refractivity contribution in [2.75, 3.05) is 6.54 Å². The minimum Gasteiger partial charge on any atom is -0.485 e. The maximum absolute atomic E-state index is 13.0. The summed E-state index contributed by atoms with van der Waals surface area (Å²) in [6, 6.07) is 12.0. The molecule has 6 nitrogen and oxygen atoms in total. The van der Waals surface area contributed by atoms with E-state index in [1.54, 1.807) is 18.2 Å². The lowest BCUT2D eigenvalue weighted by atomic mass is 10.1. The highest BCUT2D eigenvalue weighted by molar-refractivity contribution is 5.91. The molecule has 0 aliphatic heterocycles. The van der Waals surface area contributed by atoms with Gasteiger partial charge in [0, 0.05) is 24.7 Å². The number of furan rings is 1. The second kappa shape index (κ2) is 10.2. The molecular weight excluding hydrogens is 447 g/mol. The van der Waals surface area contributed by atoms with Gasteiger partial charge >= 0.3 is 6.18 Å². The Morgan fingerprint density at radius 2 is 2.06 bits per heavy atom. The van der Waals surface area contributed by atoms with E-state index >= 15 is 0 Å². The molecule has 180 valence electrons. The second-order valence-electron chi connectivity index (χ2n) is 8.21. The Morgan fingerprint density at radius 1 is 1.26 bits per heavy atom. The number of alkyl halides is 3. The molecule has 0 bridgehead atoms. The van der Waals surface area contributed by atoms with Crippen molar-refractivity contribution in [1.29, 1.82) is 0 Å². The van der Waals surface area contributed by atoms with Crippen LogP contribution in [0.25, 0.3) is 0 Å². The molecule has 0 spiro atoms. The van der Waals surface area contributed by atoms with Gasteiger partial charge in [-0.3, -0.25) is 9.48 Å². The number of carbonyl (C=O) groups is 1. The van der Waals surface area contributed by atoms with Crippen molar-refractivity contribution in [1.82, 2.24) is 15.1 Å². The fourth-order valence-electron chi connectivity index (χ4n) is 3.67. The lowest BCUT2D eigenvalue weighted by Gasteiger charge is -2.09. The number of halogens is 3. The highest BCUT2D eigenvalue weighted by atomic mass is 19.4. The summed E-state index contributed by atoms with van der Waals surface area (Å²) in [5.41, 5.74) is 0.756. The highest BCUT2D eigenvalue weighted by Gasteiger charge is 2.37. The fraction of sp³-hybridized carbons (Fsp3) is 0.360. The van der Waals surface area contributed by atoms with E-state index < -0.39 is 17.8 Å². The van der Waals surface area contributed by atoms with Crippen molar-refractivity contribution in [3.05, 3.63) is 83.6 Å². The van der Waals surface area contributed by atoms with Crippen LogP contribution >= 0.6 is 0 Å². The molecule has 1 aliphatic rings. The molecule has 1 amide bonds. The first-order valence-electron chi connectivity index (χ1n) is 11.2. The third-order valence-corrected chi connectivity index (χ3v) is 5.52. The molecule has 0 saturated heterocycles. The van der Waals surface area contributed by atoms with Crippen LogP contribution in [0, 0.1) is 0 Å². The van der Waals surface area contributed by atoms with Crippen LogP contribution in [0.4, 0.5) is 13.2 Å². The molecule has 2 aromatic heterocycles. The summed E-state index contributed by atoms with van der Waals surface area (Å²) >= 11 is 0. The van der Waals surface area contributed by atoms with E-state index in [0.717, 1.165) is 30.2 Å². The molecule has 9 heteroatoms. The Labute approximate surface area is 195 Å². The number of nitrogens with zero attached hydrogens (tertiary/aromatic N) is 2. The van der Waals surface area contributed by atoms with Gasteiger partial charge in [0.05, 0.1) is 0 Å². The monoisotopic (exact) mass is 473 g/mol. The summed E-state index contributed by atoms with van der Waals surface area (Å²) in [5, 5.41) is 6.46. The number of nitrogens with one attached hydrogen (secondary N) is 1. The van der Waals surface area contributed by atoms with Crippen molar-refractivity contribution < 1.29 is 27.1 Å². The lowest BCUT2D eigenvalue weighted by Crippen LogP contribution is -2.25. The summed E-state index contributed by atoms with van der Waals surface area (Å²) in [4.78, 5) is 12.4. The van der Waals surface area contributed by atoms with Crippen LogP contribution in [-0.2, 0) is 25.7 Å². The van der Waals surface area contributed by atoms with Crippen LogP contribution in [0.1, 0.15) is 58.4 Å². The molecule has 1 saturated carbocycles. The van der Waals surface area contributed by atoms with Gasteiger partial charge < -0.3 is 14.5 Å². The molecule has 1 aliphatic carbocycles. The van der Waals surface area contributed by atoms with E-state index in [-0.39, 0.29) is 24.8 Å². The van der Waals surface area contributed by atoms with Crippen LogP contribution < -0.4 is 10.1 Å². The fourth-order valence-corrected chi connectivity index (χ4v) is 3.67. The maximum Gasteiger partial charge on any atom is 0.435 e. The average molecular weight is 473 g/mol. The SMILES string of the molecule is C=CCc1ccccc1OCc1ccc(C(=O)NCCCn2nc(C(F)(F)F)cc2C2CC2)o1. The summed E-state index contributed by atoms with van der Waals surface area (Å²) in [7, 11) is 0. The predicted octanol–water partition coefficient (Wildman–Crippen LogP) is 5.50. The van der Waals surface area contributed by atoms with Gasteiger partial charge in [-0.1, -0.05) is 24.3 Å². The van der Waals surface area contributed by atoms with Crippen molar-refractivity contribution in [3.8, 4) is 5.75 Å². The Balaban J connectivity index is 1.26. The molecule has 0 atom stereocenters. The Hall–Kier alpha value is -3.49. The van der Waals surface area contributed by atoms with Gasteiger partial charge in [0.1, 0.15) is 18.1 Å². The Bertz CT molecular complexity index is 1150. The first-order chi connectivity index (χ1) is 16.3. The van der Waals surface area contributed by atoms with Gasteiger partial charge in [-0.05, 0) is 55.5 Å².